The number of carbonyl (C=O) groups excluding carboxylic acids is 1. The lowest BCUT2D eigenvalue weighted by molar-refractivity contribution is 0.0734. The van der Waals surface area contributed by atoms with Crippen molar-refractivity contribution in [1.82, 2.24) is 0 Å². The number of nitrogens with zero attached hydrogens (tertiary/aromatic N) is 1. The highest BCUT2D eigenvalue weighted by Crippen LogP contribution is 2.44. The molecular formula is C33H25Cl3N2O5. The van der Waals surface area contributed by atoms with Gasteiger partial charge in [0.2, 0.25) is 5.88 Å². The van der Waals surface area contributed by atoms with Crippen molar-refractivity contribution in [3.8, 4) is 29.1 Å². The third kappa shape index (κ3) is 6.84. The van der Waals surface area contributed by atoms with Crippen molar-refractivity contribution in [2.45, 2.75) is 25.9 Å². The zero-order valence-corrected chi connectivity index (χ0v) is 25.2. The molecule has 0 aliphatic carbocycles. The fraction of sp³-hybridized carbons (Fsp3) is 0.152. The average molecular weight is 636 g/mol. The minimum absolute atomic E-state index is 0.0345. The molecule has 0 saturated carbocycles. The maximum absolute atomic E-state index is 12.9. The summed E-state index contributed by atoms with van der Waals surface area (Å²) in [6, 6.07) is 24.8. The van der Waals surface area contributed by atoms with Crippen LogP contribution in [0, 0.1) is 11.3 Å². The Bertz CT molecular complexity index is 1710. The molecule has 0 amide bonds. The molecule has 1 unspecified atom stereocenters. The van der Waals surface area contributed by atoms with Crippen molar-refractivity contribution in [3.63, 3.8) is 0 Å². The Balaban J connectivity index is 1.35. The van der Waals surface area contributed by atoms with Gasteiger partial charge in [0, 0.05) is 16.7 Å². The van der Waals surface area contributed by atoms with Gasteiger partial charge in [-0.3, -0.25) is 0 Å². The molecule has 4 aromatic carbocycles. The predicted molar refractivity (Wildman–Crippen MR) is 165 cm³/mol. The minimum atomic E-state index is -0.673. The van der Waals surface area contributed by atoms with Gasteiger partial charge < -0.3 is 24.7 Å². The van der Waals surface area contributed by atoms with Gasteiger partial charge in [0.05, 0.1) is 28.1 Å². The quantitative estimate of drug-likeness (QED) is 0.145. The molecule has 4 aromatic rings. The number of allylic oxidation sites excluding steroid dienone is 1. The fourth-order valence-corrected chi connectivity index (χ4v) is 5.25. The number of rotatable bonds is 9. The molecule has 2 N–H and O–H groups in total. The van der Waals surface area contributed by atoms with Crippen LogP contribution in [0.4, 0.5) is 0 Å². The van der Waals surface area contributed by atoms with E-state index in [1.807, 2.05) is 55.5 Å². The third-order valence-electron chi connectivity index (χ3n) is 6.62. The van der Waals surface area contributed by atoms with Crippen molar-refractivity contribution < 1.29 is 23.7 Å². The van der Waals surface area contributed by atoms with Gasteiger partial charge in [-0.1, -0.05) is 72.1 Å². The van der Waals surface area contributed by atoms with Crippen LogP contribution in [0.25, 0.3) is 0 Å². The van der Waals surface area contributed by atoms with E-state index in [-0.39, 0.29) is 32.8 Å². The smallest absolute Gasteiger partial charge is 0.343 e. The molecular weight excluding hydrogens is 611 g/mol. The number of carbonyl (C=O) groups is 1. The van der Waals surface area contributed by atoms with Crippen LogP contribution in [0.3, 0.4) is 0 Å². The number of benzene rings is 4. The van der Waals surface area contributed by atoms with E-state index < -0.39 is 11.9 Å². The largest absolute Gasteiger partial charge is 0.490 e. The Labute approximate surface area is 263 Å². The van der Waals surface area contributed by atoms with E-state index in [2.05, 4.69) is 6.07 Å². The summed E-state index contributed by atoms with van der Waals surface area (Å²) in [5.41, 5.74) is 9.05. The van der Waals surface area contributed by atoms with Crippen LogP contribution in [0.15, 0.2) is 90.3 Å². The zero-order chi connectivity index (χ0) is 30.5. The lowest BCUT2D eigenvalue weighted by atomic mass is 9.83. The molecule has 0 saturated heterocycles. The van der Waals surface area contributed by atoms with Crippen LogP contribution in [0.2, 0.25) is 15.1 Å². The van der Waals surface area contributed by atoms with Gasteiger partial charge in [-0.05, 0) is 60.0 Å². The van der Waals surface area contributed by atoms with Crippen LogP contribution in [-0.4, -0.2) is 12.6 Å². The summed E-state index contributed by atoms with van der Waals surface area (Å²) in [6.45, 7) is 2.77. The molecule has 0 aromatic heterocycles. The van der Waals surface area contributed by atoms with E-state index in [9.17, 15) is 10.1 Å². The molecule has 10 heteroatoms. The third-order valence-corrected chi connectivity index (χ3v) is 7.43. The summed E-state index contributed by atoms with van der Waals surface area (Å²) < 4.78 is 22.8. The molecule has 0 bridgehead atoms. The summed E-state index contributed by atoms with van der Waals surface area (Å²) in [5, 5.41) is 11.0. The molecule has 5 rings (SSSR count). The summed E-state index contributed by atoms with van der Waals surface area (Å²) in [7, 11) is 0. The number of ether oxygens (including phenoxy) is 4. The Hall–Kier alpha value is -4.35. The molecule has 1 aliphatic heterocycles. The first kappa shape index (κ1) is 30.1. The van der Waals surface area contributed by atoms with Crippen molar-refractivity contribution in [1.29, 1.82) is 5.26 Å². The second kappa shape index (κ2) is 13.3. The number of nitriles is 1. The Morgan fingerprint density at radius 1 is 0.930 bits per heavy atom. The Kier molecular flexibility index (Phi) is 9.32. The monoisotopic (exact) mass is 634 g/mol. The number of esters is 1. The van der Waals surface area contributed by atoms with Gasteiger partial charge in [0.15, 0.2) is 5.75 Å². The number of hydrogen-bond donors (Lipinski definition) is 1. The maximum Gasteiger partial charge on any atom is 0.343 e. The molecule has 43 heavy (non-hydrogen) atoms. The normalized spacial score (nSPS) is 13.9. The fourth-order valence-electron chi connectivity index (χ4n) is 4.53. The topological polar surface area (TPSA) is 104 Å². The molecule has 218 valence electrons. The molecule has 0 fully saturated rings. The number of hydrogen-bond acceptors (Lipinski definition) is 7. The van der Waals surface area contributed by atoms with E-state index in [1.165, 1.54) is 12.1 Å². The van der Waals surface area contributed by atoms with E-state index in [1.54, 1.807) is 18.2 Å². The first-order chi connectivity index (χ1) is 20.8. The maximum atomic E-state index is 12.9. The highest BCUT2D eigenvalue weighted by Gasteiger charge is 2.31. The van der Waals surface area contributed by atoms with Crippen LogP contribution >= 0.6 is 34.8 Å². The zero-order valence-electron chi connectivity index (χ0n) is 22.9. The number of halogens is 3. The first-order valence-electron chi connectivity index (χ1n) is 13.3. The van der Waals surface area contributed by atoms with Crippen LogP contribution in [0.5, 0.6) is 23.0 Å². The minimum Gasteiger partial charge on any atom is -0.490 e. The molecule has 1 atom stereocenters. The van der Waals surface area contributed by atoms with E-state index in [4.69, 9.17) is 59.5 Å². The van der Waals surface area contributed by atoms with Crippen molar-refractivity contribution in [2.75, 3.05) is 6.61 Å². The molecule has 0 spiro atoms. The Morgan fingerprint density at radius 3 is 2.26 bits per heavy atom. The molecule has 7 nitrogen and oxygen atoms in total. The lowest BCUT2D eigenvalue weighted by Gasteiger charge is -2.27. The van der Waals surface area contributed by atoms with E-state index in [0.29, 0.717) is 41.0 Å². The van der Waals surface area contributed by atoms with Crippen molar-refractivity contribution in [2.24, 2.45) is 5.73 Å². The SMILES string of the molecule is CCCOc1c(Cl)cc(C(=O)Oc2ccc3c(c2)OC(N)=C(C#N)C3c2ccc(OCc3ccc(Cl)cc3)cc2)cc1Cl. The lowest BCUT2D eigenvalue weighted by Crippen LogP contribution is -2.21. The average Bonchev–Trinajstić information content (AvgIpc) is 3.00. The predicted octanol–water partition coefficient (Wildman–Crippen LogP) is 8.45. The highest BCUT2D eigenvalue weighted by molar-refractivity contribution is 6.37. The first-order valence-corrected chi connectivity index (χ1v) is 14.4. The molecule has 0 radical (unpaired) electrons. The summed E-state index contributed by atoms with van der Waals surface area (Å²) >= 11 is 18.5. The van der Waals surface area contributed by atoms with Gasteiger partial charge in [-0.2, -0.15) is 5.26 Å². The van der Waals surface area contributed by atoms with Gasteiger partial charge in [-0.15, -0.1) is 0 Å². The van der Waals surface area contributed by atoms with Crippen molar-refractivity contribution in [3.05, 3.63) is 128 Å². The second-order valence-corrected chi connectivity index (χ2v) is 10.9. The van der Waals surface area contributed by atoms with E-state index in [0.717, 1.165) is 17.5 Å². The van der Waals surface area contributed by atoms with E-state index >= 15 is 0 Å². The Morgan fingerprint density at radius 2 is 1.60 bits per heavy atom. The van der Waals surface area contributed by atoms with Gasteiger partial charge in [0.1, 0.15) is 35.5 Å². The molecule has 1 heterocycles. The number of fused-ring (bicyclic) bond motifs is 1. The van der Waals surface area contributed by atoms with Crippen LogP contribution in [0.1, 0.15) is 46.3 Å². The van der Waals surface area contributed by atoms with Gasteiger partial charge in [0.25, 0.3) is 0 Å². The van der Waals surface area contributed by atoms with Crippen LogP contribution in [-0.2, 0) is 6.61 Å². The second-order valence-electron chi connectivity index (χ2n) is 9.62. The van der Waals surface area contributed by atoms with Gasteiger partial charge in [-0.25, -0.2) is 4.79 Å². The molecule has 1 aliphatic rings. The van der Waals surface area contributed by atoms with Crippen molar-refractivity contribution >= 4 is 40.8 Å². The van der Waals surface area contributed by atoms with Crippen LogP contribution < -0.4 is 24.7 Å². The summed E-state index contributed by atoms with van der Waals surface area (Å²) in [5.74, 6) is 0.327. The number of nitrogens with two attached hydrogens (primary N) is 1. The summed E-state index contributed by atoms with van der Waals surface area (Å²) in [4.78, 5) is 12.9. The highest BCUT2D eigenvalue weighted by atomic mass is 35.5. The standard InChI is InChI=1S/C33H25Cl3N2O5/c1-2-13-40-31-27(35)14-21(15-28(31)36)33(39)42-24-11-12-25-29(16-24)43-32(38)26(17-37)30(25)20-5-9-23(10-6-20)41-18-19-3-7-22(34)8-4-19/h3-12,14-16,30H,2,13,18,38H2,1H3. The van der Waals surface area contributed by atoms with Gasteiger partial charge >= 0.3 is 5.97 Å². The summed E-state index contributed by atoms with van der Waals surface area (Å²) in [6.07, 6.45) is 0.776.